The number of anilines is 1. The molecule has 28 heavy (non-hydrogen) atoms. The van der Waals surface area contributed by atoms with Crippen LogP contribution in [0.25, 0.3) is 0 Å². The van der Waals surface area contributed by atoms with Crippen LogP contribution >= 0.6 is 11.8 Å². The Kier molecular flexibility index (Phi) is 6.10. The van der Waals surface area contributed by atoms with Crippen molar-refractivity contribution in [3.8, 4) is 0 Å². The summed E-state index contributed by atoms with van der Waals surface area (Å²) >= 11 is 1.27. The predicted molar refractivity (Wildman–Crippen MR) is 111 cm³/mol. The summed E-state index contributed by atoms with van der Waals surface area (Å²) < 4.78 is 6.58. The molecule has 8 heteroatoms. The number of aromatic nitrogens is 3. The summed E-state index contributed by atoms with van der Waals surface area (Å²) in [5.74, 6) is 0.213. The molecule has 2 heterocycles. The smallest absolute Gasteiger partial charge is 0.343 e. The van der Waals surface area contributed by atoms with E-state index in [2.05, 4.69) is 41.1 Å². The number of benzene rings is 1. The molecule has 0 bridgehead atoms. The molecule has 0 amide bonds. The highest BCUT2D eigenvalue weighted by atomic mass is 32.2. The lowest BCUT2D eigenvalue weighted by atomic mass is 9.83. The van der Waals surface area contributed by atoms with Crippen molar-refractivity contribution in [3.63, 3.8) is 0 Å². The van der Waals surface area contributed by atoms with Gasteiger partial charge in [-0.3, -0.25) is 9.36 Å². The van der Waals surface area contributed by atoms with E-state index in [1.54, 1.807) is 17.8 Å². The first-order valence-corrected chi connectivity index (χ1v) is 10.2. The molecule has 0 saturated carbocycles. The minimum Gasteiger partial charge on any atom is -0.385 e. The number of para-hydroxylation sites is 1. The fourth-order valence-electron chi connectivity index (χ4n) is 3.57. The lowest BCUT2D eigenvalue weighted by molar-refractivity contribution is -0.112. The van der Waals surface area contributed by atoms with Gasteiger partial charge >= 0.3 is 5.69 Å². The van der Waals surface area contributed by atoms with Crippen LogP contribution in [0.5, 0.6) is 0 Å². The molecular formula is C20H26N4O3S. The molecule has 1 aliphatic rings. The Bertz CT molecular complexity index is 945. The number of nitrogens with zero attached hydrogens (tertiary/aromatic N) is 3. The zero-order chi connectivity index (χ0) is 20.3. The fourth-order valence-corrected chi connectivity index (χ4v) is 4.36. The highest BCUT2D eigenvalue weighted by Gasteiger charge is 2.38. The Morgan fingerprint density at radius 3 is 2.82 bits per heavy atom. The van der Waals surface area contributed by atoms with E-state index < -0.39 is 0 Å². The molecule has 1 N–H and O–H groups in total. The Balaban J connectivity index is 1.71. The van der Waals surface area contributed by atoms with Gasteiger partial charge < -0.3 is 9.64 Å². The van der Waals surface area contributed by atoms with Gasteiger partial charge in [0.05, 0.1) is 5.75 Å². The highest BCUT2D eigenvalue weighted by Crippen LogP contribution is 2.46. The first-order valence-electron chi connectivity index (χ1n) is 9.21. The summed E-state index contributed by atoms with van der Waals surface area (Å²) in [6.07, 6.45) is 2.42. The molecule has 2 aromatic rings. The number of ketones is 1. The number of thioether (sulfide) groups is 1. The van der Waals surface area contributed by atoms with Crippen LogP contribution in [-0.4, -0.2) is 47.1 Å². The average Bonchev–Trinajstić information content (AvgIpc) is 3.11. The number of rotatable bonds is 8. The molecule has 150 valence electrons. The Hall–Kier alpha value is -2.32. The van der Waals surface area contributed by atoms with Crippen molar-refractivity contribution in [1.29, 1.82) is 0 Å². The number of aromatic amines is 1. The zero-order valence-electron chi connectivity index (χ0n) is 16.7. The van der Waals surface area contributed by atoms with Gasteiger partial charge in [0.1, 0.15) is 0 Å². The summed E-state index contributed by atoms with van der Waals surface area (Å²) in [5.41, 5.74) is 2.80. The van der Waals surface area contributed by atoms with Gasteiger partial charge in [0.15, 0.2) is 10.9 Å². The molecule has 0 saturated heterocycles. The quantitative estimate of drug-likeness (QED) is 0.415. The van der Waals surface area contributed by atoms with E-state index in [9.17, 15) is 9.59 Å². The highest BCUT2D eigenvalue weighted by molar-refractivity contribution is 7.99. The van der Waals surface area contributed by atoms with E-state index in [-0.39, 0.29) is 22.6 Å². The Morgan fingerprint density at radius 2 is 2.11 bits per heavy atom. The van der Waals surface area contributed by atoms with Crippen molar-refractivity contribution in [2.75, 3.05) is 31.4 Å². The maximum absolute atomic E-state index is 12.7. The molecule has 0 aliphatic carbocycles. The second-order valence-corrected chi connectivity index (χ2v) is 8.24. The Morgan fingerprint density at radius 1 is 1.36 bits per heavy atom. The number of likely N-dealkylation sites (N-methyl/N-ethyl adjacent to an activating group) is 1. The van der Waals surface area contributed by atoms with Crippen molar-refractivity contribution in [2.45, 2.75) is 37.4 Å². The third-order valence-corrected chi connectivity index (χ3v) is 6.03. The normalized spacial score (nSPS) is 16.6. The molecule has 1 aromatic carbocycles. The van der Waals surface area contributed by atoms with Crippen LogP contribution in [0.4, 0.5) is 5.69 Å². The van der Waals surface area contributed by atoms with E-state index >= 15 is 0 Å². The van der Waals surface area contributed by atoms with Crippen LogP contribution < -0.4 is 10.6 Å². The summed E-state index contributed by atoms with van der Waals surface area (Å²) in [6.45, 7) is 5.33. The van der Waals surface area contributed by atoms with Crippen molar-refractivity contribution in [2.24, 2.45) is 0 Å². The maximum atomic E-state index is 12.7. The first kappa shape index (κ1) is 20.4. The van der Waals surface area contributed by atoms with E-state index in [0.717, 1.165) is 11.4 Å². The lowest BCUT2D eigenvalue weighted by Crippen LogP contribution is -2.24. The molecular weight excluding hydrogens is 376 g/mol. The van der Waals surface area contributed by atoms with Crippen LogP contribution in [0.2, 0.25) is 0 Å². The largest absolute Gasteiger partial charge is 0.385 e. The van der Waals surface area contributed by atoms with Crippen LogP contribution in [-0.2, 0) is 21.5 Å². The zero-order valence-corrected chi connectivity index (χ0v) is 17.5. The summed E-state index contributed by atoms with van der Waals surface area (Å²) in [5, 5.41) is 7.02. The number of carbonyl (C=O) groups excluding carboxylic acids is 1. The SMILES string of the molecule is COCCCn1c(SCC(=O)/C=C2/N(C)c3ccccc3C2(C)C)n[nH]c1=O. The monoisotopic (exact) mass is 402 g/mol. The molecule has 3 rings (SSSR count). The van der Waals surface area contributed by atoms with Gasteiger partial charge in [-0.2, -0.15) is 0 Å². The van der Waals surface area contributed by atoms with Gasteiger partial charge in [-0.15, -0.1) is 5.10 Å². The molecule has 1 aromatic heterocycles. The van der Waals surface area contributed by atoms with Crippen molar-refractivity contribution in [3.05, 3.63) is 52.1 Å². The minimum atomic E-state index is -0.267. The third kappa shape index (κ3) is 3.93. The van der Waals surface area contributed by atoms with Crippen molar-refractivity contribution < 1.29 is 9.53 Å². The molecule has 0 spiro atoms. The number of ether oxygens (including phenoxy) is 1. The molecule has 0 fully saturated rings. The van der Waals surface area contributed by atoms with Gasteiger partial charge in [0.2, 0.25) is 0 Å². The van der Waals surface area contributed by atoms with E-state index in [1.165, 1.54) is 17.3 Å². The lowest BCUT2D eigenvalue weighted by Gasteiger charge is -2.23. The molecule has 0 radical (unpaired) electrons. The van der Waals surface area contributed by atoms with Crippen LogP contribution in [0, 0.1) is 0 Å². The van der Waals surface area contributed by atoms with Crippen LogP contribution in [0.15, 0.2) is 46.0 Å². The number of methoxy groups -OCH3 is 1. The number of fused-ring (bicyclic) bond motifs is 1. The standard InChI is InChI=1S/C20H26N4O3S/c1-20(2)15-8-5-6-9-16(15)23(3)17(20)12-14(25)13-28-19-22-21-18(26)24(19)10-7-11-27-4/h5-6,8-9,12H,7,10-11,13H2,1-4H3,(H,21,26)/b17-12+. The average molecular weight is 403 g/mol. The first-order chi connectivity index (χ1) is 13.4. The second kappa shape index (κ2) is 8.36. The fraction of sp³-hybridized carbons (Fsp3) is 0.450. The number of hydrogen-bond acceptors (Lipinski definition) is 6. The van der Waals surface area contributed by atoms with Gasteiger partial charge in [0, 0.05) is 50.2 Å². The van der Waals surface area contributed by atoms with Crippen LogP contribution in [0.3, 0.4) is 0 Å². The van der Waals surface area contributed by atoms with Crippen molar-refractivity contribution >= 4 is 23.2 Å². The van der Waals surface area contributed by atoms with E-state index in [4.69, 9.17) is 4.74 Å². The summed E-state index contributed by atoms with van der Waals surface area (Å²) in [6, 6.07) is 8.20. The molecule has 0 unspecified atom stereocenters. The second-order valence-electron chi connectivity index (χ2n) is 7.30. The molecule has 0 atom stereocenters. The van der Waals surface area contributed by atoms with Gasteiger partial charge in [-0.1, -0.05) is 43.8 Å². The van der Waals surface area contributed by atoms with Crippen LogP contribution in [0.1, 0.15) is 25.8 Å². The van der Waals surface area contributed by atoms with Gasteiger partial charge in [-0.05, 0) is 18.1 Å². The topological polar surface area (TPSA) is 80.2 Å². The number of nitrogens with one attached hydrogen (secondary N) is 1. The molecule has 1 aliphatic heterocycles. The minimum absolute atomic E-state index is 0.00776. The third-order valence-electron chi connectivity index (χ3n) is 5.04. The molecule has 7 nitrogen and oxygen atoms in total. The van der Waals surface area contributed by atoms with E-state index in [1.807, 2.05) is 19.2 Å². The number of carbonyl (C=O) groups is 1. The predicted octanol–water partition coefficient (Wildman–Crippen LogP) is 2.58. The van der Waals surface area contributed by atoms with Crippen molar-refractivity contribution in [1.82, 2.24) is 14.8 Å². The maximum Gasteiger partial charge on any atom is 0.343 e. The Labute approximate surface area is 168 Å². The summed E-state index contributed by atoms with van der Waals surface area (Å²) in [7, 11) is 3.61. The van der Waals surface area contributed by atoms with E-state index in [0.29, 0.717) is 24.7 Å². The number of H-pyrrole nitrogens is 1. The van der Waals surface area contributed by atoms with Gasteiger partial charge in [0.25, 0.3) is 0 Å². The summed E-state index contributed by atoms with van der Waals surface area (Å²) in [4.78, 5) is 26.6. The number of allylic oxidation sites excluding steroid dienone is 2. The van der Waals surface area contributed by atoms with Gasteiger partial charge in [-0.25, -0.2) is 9.89 Å². The number of hydrogen-bond donors (Lipinski definition) is 1.